The van der Waals surface area contributed by atoms with E-state index in [-0.39, 0.29) is 51.7 Å². The van der Waals surface area contributed by atoms with Crippen molar-refractivity contribution in [1.82, 2.24) is 20.5 Å². The Morgan fingerprint density at radius 1 is 0.750 bits per heavy atom. The van der Waals surface area contributed by atoms with Crippen molar-refractivity contribution in [2.45, 2.75) is 71.7 Å². The number of aliphatic carboxylic acids is 1. The zero-order chi connectivity index (χ0) is 46.4. The molecular weight excluding hydrogens is 857 g/mol. The Bertz CT molecular complexity index is 1610. The Kier molecular flexibility index (Phi) is 27.4. The van der Waals surface area contributed by atoms with Crippen molar-refractivity contribution in [2.24, 2.45) is 5.41 Å². The van der Waals surface area contributed by atoms with Crippen molar-refractivity contribution in [3.05, 3.63) is 41.0 Å². The number of hydrogen-bond donors (Lipinski definition) is 4. The summed E-state index contributed by atoms with van der Waals surface area (Å²) in [5, 5.41) is 24.8. The highest BCUT2D eigenvalue weighted by Crippen LogP contribution is 2.28. The summed E-state index contributed by atoms with van der Waals surface area (Å²) in [6.45, 7) is 14.1. The van der Waals surface area contributed by atoms with Crippen LogP contribution in [0.4, 0.5) is 0 Å². The number of amides is 3. The van der Waals surface area contributed by atoms with Crippen LogP contribution in [-0.2, 0) is 68.4 Å². The maximum Gasteiger partial charge on any atom is 0.303 e. The predicted octanol–water partition coefficient (Wildman–Crippen LogP) is 2.24. The molecule has 1 aliphatic rings. The summed E-state index contributed by atoms with van der Waals surface area (Å²) >= 11 is 1.57. The van der Waals surface area contributed by atoms with Crippen LogP contribution in [0.5, 0.6) is 0 Å². The molecule has 3 unspecified atom stereocenters. The van der Waals surface area contributed by atoms with E-state index >= 15 is 0 Å². The number of benzene rings is 1. The number of rotatable bonds is 36. The zero-order valence-corrected chi connectivity index (χ0v) is 38.7. The minimum atomic E-state index is -0.962. The highest BCUT2D eigenvalue weighted by molar-refractivity contribution is 7.13. The average molecular weight is 927 g/mol. The molecule has 362 valence electrons. The Morgan fingerprint density at radius 3 is 1.66 bits per heavy atom. The van der Waals surface area contributed by atoms with Crippen molar-refractivity contribution in [2.75, 3.05) is 125 Å². The van der Waals surface area contributed by atoms with Gasteiger partial charge < -0.3 is 68.4 Å². The summed E-state index contributed by atoms with van der Waals surface area (Å²) in [6, 6.07) is 6.00. The van der Waals surface area contributed by atoms with Gasteiger partial charge in [0.15, 0.2) is 0 Å². The van der Waals surface area contributed by atoms with Crippen LogP contribution in [0.3, 0.4) is 0 Å². The van der Waals surface area contributed by atoms with Crippen molar-refractivity contribution in [1.29, 1.82) is 0 Å². The van der Waals surface area contributed by atoms with Crippen LogP contribution in [0, 0.1) is 12.3 Å². The number of aliphatic hydroxyl groups is 1. The van der Waals surface area contributed by atoms with Gasteiger partial charge in [-0.05, 0) is 29.9 Å². The lowest BCUT2D eigenvalue weighted by molar-refractivity contribution is -0.144. The number of carbonyl (C=O) groups excluding carboxylic acids is 3. The molecule has 1 aromatic carbocycles. The highest BCUT2D eigenvalue weighted by atomic mass is 32.1. The van der Waals surface area contributed by atoms with Gasteiger partial charge in [0.2, 0.25) is 17.7 Å². The van der Waals surface area contributed by atoms with Gasteiger partial charge in [-0.15, -0.1) is 11.3 Å². The first kappa shape index (κ1) is 54.7. The summed E-state index contributed by atoms with van der Waals surface area (Å²) in [5.74, 6) is -2.13. The van der Waals surface area contributed by atoms with E-state index in [1.165, 1.54) is 4.90 Å². The van der Waals surface area contributed by atoms with Crippen molar-refractivity contribution >= 4 is 35.0 Å². The number of carboxylic acid groups (broad SMARTS) is 1. The first-order valence-corrected chi connectivity index (χ1v) is 22.7. The lowest BCUT2D eigenvalue weighted by atomic mass is 9.85. The maximum atomic E-state index is 13.9. The number of likely N-dealkylation sites (tertiary alicyclic amines) is 1. The van der Waals surface area contributed by atoms with Gasteiger partial charge in [-0.1, -0.05) is 45.0 Å². The topological polar surface area (TPSA) is 232 Å². The molecule has 0 spiro atoms. The van der Waals surface area contributed by atoms with E-state index in [1.807, 2.05) is 57.5 Å². The lowest BCUT2D eigenvalue weighted by Crippen LogP contribution is -2.58. The van der Waals surface area contributed by atoms with Crippen LogP contribution in [-0.4, -0.2) is 187 Å². The summed E-state index contributed by atoms with van der Waals surface area (Å²) in [5.41, 5.74) is 4.01. The Hall–Kier alpha value is -3.67. The van der Waals surface area contributed by atoms with E-state index in [1.54, 1.807) is 11.3 Å². The second kappa shape index (κ2) is 32.1. The minimum Gasteiger partial charge on any atom is -0.481 e. The number of aliphatic hydroxyl groups excluding tert-OH is 1. The van der Waals surface area contributed by atoms with E-state index in [2.05, 4.69) is 15.6 Å². The molecule has 64 heavy (non-hydrogen) atoms. The van der Waals surface area contributed by atoms with E-state index in [4.69, 9.17) is 47.7 Å². The summed E-state index contributed by atoms with van der Waals surface area (Å²) in [7, 11) is 0. The second-order valence-electron chi connectivity index (χ2n) is 15.9. The lowest BCUT2D eigenvalue weighted by Gasteiger charge is -2.35. The molecule has 1 saturated heterocycles. The van der Waals surface area contributed by atoms with Crippen LogP contribution in [0.15, 0.2) is 29.8 Å². The first-order chi connectivity index (χ1) is 30.9. The molecule has 1 aromatic heterocycles. The van der Waals surface area contributed by atoms with Gasteiger partial charge in [0.05, 0.1) is 128 Å². The van der Waals surface area contributed by atoms with Crippen LogP contribution < -0.4 is 10.6 Å². The number of hydrogen-bond acceptors (Lipinski definition) is 16. The zero-order valence-electron chi connectivity index (χ0n) is 37.9. The number of nitrogens with zero attached hydrogens (tertiary/aromatic N) is 2. The third-order valence-corrected chi connectivity index (χ3v) is 10.6. The summed E-state index contributed by atoms with van der Waals surface area (Å²) in [6.07, 6.45) is -0.182. The Morgan fingerprint density at radius 2 is 1.22 bits per heavy atom. The van der Waals surface area contributed by atoms with Crippen LogP contribution >= 0.6 is 11.3 Å². The van der Waals surface area contributed by atoms with E-state index in [0.717, 1.165) is 21.7 Å². The average Bonchev–Trinajstić information content (AvgIpc) is 3.88. The van der Waals surface area contributed by atoms with Gasteiger partial charge in [0, 0.05) is 32.5 Å². The number of thiazole rings is 1. The van der Waals surface area contributed by atoms with E-state index < -0.39 is 41.4 Å². The molecule has 1 aliphatic heterocycles. The molecule has 0 saturated carbocycles. The smallest absolute Gasteiger partial charge is 0.303 e. The fourth-order valence-electron chi connectivity index (χ4n) is 6.23. The van der Waals surface area contributed by atoms with Crippen LogP contribution in [0.2, 0.25) is 0 Å². The van der Waals surface area contributed by atoms with Crippen molar-refractivity contribution < 1.29 is 72.0 Å². The van der Waals surface area contributed by atoms with Gasteiger partial charge in [0.1, 0.15) is 18.7 Å². The molecule has 19 nitrogen and oxygen atoms in total. The van der Waals surface area contributed by atoms with Gasteiger partial charge in [-0.2, -0.15) is 0 Å². The number of aromatic nitrogens is 1. The minimum absolute atomic E-state index is 0.0167. The number of carbonyl (C=O) groups is 4. The van der Waals surface area contributed by atoms with Crippen LogP contribution in [0.25, 0.3) is 10.4 Å². The van der Waals surface area contributed by atoms with Crippen LogP contribution in [0.1, 0.15) is 51.3 Å². The molecular formula is C44H70N4O15S. The summed E-state index contributed by atoms with van der Waals surface area (Å²) in [4.78, 5) is 57.3. The SMILES string of the molecule is Cc1ncsc1-c1ccc(CNC(=O)C2CC(O)CN2C(=O)C(NC(=O)COCCOCCOCCOCCOCCOCCOCCOCCOCCCC(=O)O)C(C)(C)C)cc1. The number of carboxylic acids is 1. The molecule has 3 rings (SSSR count). The maximum absolute atomic E-state index is 13.9. The first-order valence-electron chi connectivity index (χ1n) is 21.8. The number of ether oxygens (including phenoxy) is 9. The molecule has 4 N–H and O–H groups in total. The number of aryl methyl sites for hydroxylation is 1. The van der Waals surface area contributed by atoms with Crippen molar-refractivity contribution in [3.8, 4) is 10.4 Å². The number of nitrogens with one attached hydrogen (secondary N) is 2. The Balaban J connectivity index is 1.14. The Labute approximate surface area is 380 Å². The van der Waals surface area contributed by atoms with E-state index in [0.29, 0.717) is 106 Å². The van der Waals surface area contributed by atoms with E-state index in [9.17, 15) is 24.3 Å². The van der Waals surface area contributed by atoms with Gasteiger partial charge >= 0.3 is 5.97 Å². The fraction of sp³-hybridized carbons (Fsp3) is 0.705. The van der Waals surface area contributed by atoms with Gasteiger partial charge in [-0.25, -0.2) is 4.98 Å². The molecule has 20 heteroatoms. The monoisotopic (exact) mass is 926 g/mol. The normalized spacial score (nSPS) is 15.7. The quantitative estimate of drug-likeness (QED) is 0.0718. The molecule has 0 aliphatic carbocycles. The third-order valence-electron chi connectivity index (χ3n) is 9.60. The molecule has 0 bridgehead atoms. The summed E-state index contributed by atoms with van der Waals surface area (Å²) < 4.78 is 49.0. The predicted molar refractivity (Wildman–Crippen MR) is 236 cm³/mol. The van der Waals surface area contributed by atoms with Gasteiger partial charge in [-0.3, -0.25) is 19.2 Å². The largest absolute Gasteiger partial charge is 0.481 e. The fourth-order valence-corrected chi connectivity index (χ4v) is 7.04. The molecule has 3 amide bonds. The third kappa shape index (κ3) is 23.0. The number of β-amino-alcohol motifs (C(OH)–C–C–N with tert-alkyl or cyclic N) is 1. The molecule has 0 radical (unpaired) electrons. The molecule has 1 fully saturated rings. The standard InChI is InChI=1S/C44H70N4O15S/c1-33-40(64-32-46-33)35-9-7-34(8-10-35)29-45-42(53)37-28-36(49)30-48(37)43(54)41(44(2,3)4)47-38(50)31-63-27-26-62-25-24-61-23-22-60-21-20-59-19-18-58-17-16-57-15-14-56-13-12-55-11-5-6-39(51)52/h7-10,32,36-37,41,49H,5-6,11-31H2,1-4H3,(H,45,53)(H,47,50)(H,51,52). The highest BCUT2D eigenvalue weighted by Gasteiger charge is 2.44. The molecule has 3 atom stereocenters. The molecule has 2 aromatic rings. The molecule has 2 heterocycles. The van der Waals surface area contributed by atoms with Gasteiger partial charge in [0.25, 0.3) is 0 Å². The second-order valence-corrected chi connectivity index (χ2v) is 16.7. The van der Waals surface area contributed by atoms with Crippen molar-refractivity contribution in [3.63, 3.8) is 0 Å².